The first kappa shape index (κ1) is 20.9. The number of carboxylic acid groups (broad SMARTS) is 1. The van der Waals surface area contributed by atoms with Gasteiger partial charge in [-0.2, -0.15) is 0 Å². The minimum Gasteiger partial charge on any atom is -0.481 e. The summed E-state index contributed by atoms with van der Waals surface area (Å²) >= 11 is 0. The highest BCUT2D eigenvalue weighted by atomic mass is 16.4. The first-order chi connectivity index (χ1) is 10.5. The molecule has 130 valence electrons. The van der Waals surface area contributed by atoms with Crippen molar-refractivity contribution in [3.63, 3.8) is 0 Å². The molecule has 0 saturated carbocycles. The Hall–Kier alpha value is -1.14. The second-order valence-corrected chi connectivity index (χ2v) is 5.81. The molecule has 0 saturated heterocycles. The van der Waals surface area contributed by atoms with Crippen LogP contribution in [0.5, 0.6) is 0 Å². The average molecular weight is 316 g/mol. The number of carbonyl (C=O) groups is 2. The van der Waals surface area contributed by atoms with Crippen molar-refractivity contribution < 1.29 is 19.8 Å². The fraction of sp³-hybridized carbons (Fsp3) is 0.875. The number of hydrogen-bond acceptors (Lipinski definition) is 4. The maximum absolute atomic E-state index is 11.7. The molecule has 6 heteroatoms. The van der Waals surface area contributed by atoms with E-state index >= 15 is 0 Å². The zero-order valence-electron chi connectivity index (χ0n) is 14.0. The molecule has 0 aliphatic carbocycles. The van der Waals surface area contributed by atoms with Gasteiger partial charge in [0, 0.05) is 32.6 Å². The number of carboxylic acids is 1. The van der Waals surface area contributed by atoms with Crippen molar-refractivity contribution in [2.24, 2.45) is 0 Å². The van der Waals surface area contributed by atoms with E-state index in [4.69, 9.17) is 5.11 Å². The van der Waals surface area contributed by atoms with Crippen LogP contribution < -0.4 is 5.32 Å². The number of hydrogen-bond donors (Lipinski definition) is 3. The standard InChI is InChI=1S/C16H32N2O4/c1-3-4-5-6-7-8-15(20)17-10-12-18(13-14(2)19)11-9-16(21)22/h14,19H,3-13H2,1-2H3,(H,17,20)(H,21,22). The summed E-state index contributed by atoms with van der Waals surface area (Å²) in [7, 11) is 0. The van der Waals surface area contributed by atoms with E-state index in [-0.39, 0.29) is 12.3 Å². The predicted molar refractivity (Wildman–Crippen MR) is 86.8 cm³/mol. The highest BCUT2D eigenvalue weighted by Crippen LogP contribution is 2.04. The van der Waals surface area contributed by atoms with E-state index in [0.29, 0.717) is 32.6 Å². The van der Waals surface area contributed by atoms with Gasteiger partial charge in [0.1, 0.15) is 0 Å². The van der Waals surface area contributed by atoms with E-state index in [1.165, 1.54) is 19.3 Å². The van der Waals surface area contributed by atoms with E-state index in [0.717, 1.165) is 12.8 Å². The van der Waals surface area contributed by atoms with Crippen LogP contribution in [-0.2, 0) is 9.59 Å². The lowest BCUT2D eigenvalue weighted by atomic mass is 10.1. The lowest BCUT2D eigenvalue weighted by molar-refractivity contribution is -0.137. The number of nitrogens with zero attached hydrogens (tertiary/aromatic N) is 1. The Morgan fingerprint density at radius 1 is 1.09 bits per heavy atom. The highest BCUT2D eigenvalue weighted by molar-refractivity contribution is 5.75. The maximum Gasteiger partial charge on any atom is 0.304 e. The molecule has 0 rings (SSSR count). The Kier molecular flexibility index (Phi) is 12.8. The van der Waals surface area contributed by atoms with Crippen LogP contribution in [0.25, 0.3) is 0 Å². The van der Waals surface area contributed by atoms with Crippen LogP contribution in [0.15, 0.2) is 0 Å². The van der Waals surface area contributed by atoms with Gasteiger partial charge < -0.3 is 15.5 Å². The normalized spacial score (nSPS) is 12.4. The number of unbranched alkanes of at least 4 members (excludes halogenated alkanes) is 4. The zero-order chi connectivity index (χ0) is 16.8. The summed E-state index contributed by atoms with van der Waals surface area (Å²) in [4.78, 5) is 24.1. The number of aliphatic hydroxyl groups is 1. The monoisotopic (exact) mass is 316 g/mol. The van der Waals surface area contributed by atoms with E-state index < -0.39 is 12.1 Å². The summed E-state index contributed by atoms with van der Waals surface area (Å²) in [5, 5.41) is 21.0. The molecule has 0 heterocycles. The largest absolute Gasteiger partial charge is 0.481 e. The third-order valence-corrected chi connectivity index (χ3v) is 3.42. The molecule has 0 aliphatic rings. The molecule has 0 aromatic carbocycles. The van der Waals surface area contributed by atoms with Crippen molar-refractivity contribution in [2.45, 2.75) is 64.9 Å². The van der Waals surface area contributed by atoms with Gasteiger partial charge in [-0.15, -0.1) is 0 Å². The van der Waals surface area contributed by atoms with E-state index in [1.54, 1.807) is 6.92 Å². The van der Waals surface area contributed by atoms with Crippen molar-refractivity contribution in [1.29, 1.82) is 0 Å². The molecule has 6 nitrogen and oxygen atoms in total. The second-order valence-electron chi connectivity index (χ2n) is 5.81. The quantitative estimate of drug-likeness (QED) is 0.424. The van der Waals surface area contributed by atoms with Crippen molar-refractivity contribution in [1.82, 2.24) is 10.2 Å². The molecule has 0 aliphatic heterocycles. The lowest BCUT2D eigenvalue weighted by Crippen LogP contribution is -2.39. The van der Waals surface area contributed by atoms with Crippen molar-refractivity contribution in [2.75, 3.05) is 26.2 Å². The number of nitrogens with one attached hydrogen (secondary N) is 1. The van der Waals surface area contributed by atoms with Gasteiger partial charge >= 0.3 is 5.97 Å². The molecule has 0 fully saturated rings. The van der Waals surface area contributed by atoms with Crippen LogP contribution in [0.2, 0.25) is 0 Å². The molecule has 1 amide bonds. The van der Waals surface area contributed by atoms with Gasteiger partial charge in [0.05, 0.1) is 12.5 Å². The summed E-state index contributed by atoms with van der Waals surface area (Å²) in [6.45, 7) is 5.67. The summed E-state index contributed by atoms with van der Waals surface area (Å²) in [6.07, 6.45) is 5.69. The third-order valence-electron chi connectivity index (χ3n) is 3.42. The fourth-order valence-electron chi connectivity index (χ4n) is 2.25. The fourth-order valence-corrected chi connectivity index (χ4v) is 2.25. The molecule has 0 spiro atoms. The van der Waals surface area contributed by atoms with E-state index in [2.05, 4.69) is 12.2 Å². The lowest BCUT2D eigenvalue weighted by Gasteiger charge is -2.23. The molecule has 0 bridgehead atoms. The number of amides is 1. The molecule has 0 radical (unpaired) electrons. The SMILES string of the molecule is CCCCCCCC(=O)NCCN(CCC(=O)O)CC(C)O. The Morgan fingerprint density at radius 2 is 1.77 bits per heavy atom. The minimum atomic E-state index is -0.855. The number of rotatable bonds is 14. The summed E-state index contributed by atoms with van der Waals surface area (Å²) in [6, 6.07) is 0. The number of carbonyl (C=O) groups excluding carboxylic acids is 1. The Labute approximate surface area is 133 Å². The molecule has 22 heavy (non-hydrogen) atoms. The Balaban J connectivity index is 3.80. The van der Waals surface area contributed by atoms with Crippen LogP contribution in [0.3, 0.4) is 0 Å². The van der Waals surface area contributed by atoms with Crippen LogP contribution in [-0.4, -0.2) is 59.3 Å². The smallest absolute Gasteiger partial charge is 0.304 e. The second kappa shape index (κ2) is 13.5. The van der Waals surface area contributed by atoms with Crippen LogP contribution in [0.1, 0.15) is 58.8 Å². The minimum absolute atomic E-state index is 0.0398. The predicted octanol–water partition coefficient (Wildman–Crippen LogP) is 1.62. The molecule has 0 aromatic heterocycles. The Bertz CT molecular complexity index is 309. The maximum atomic E-state index is 11.7. The van der Waals surface area contributed by atoms with Crippen molar-refractivity contribution >= 4 is 11.9 Å². The Morgan fingerprint density at radius 3 is 2.36 bits per heavy atom. The zero-order valence-corrected chi connectivity index (χ0v) is 14.0. The number of aliphatic carboxylic acids is 1. The van der Waals surface area contributed by atoms with Gasteiger partial charge in [0.15, 0.2) is 0 Å². The molecule has 1 unspecified atom stereocenters. The average Bonchev–Trinajstić information content (AvgIpc) is 2.43. The van der Waals surface area contributed by atoms with E-state index in [1.807, 2.05) is 4.90 Å². The van der Waals surface area contributed by atoms with Gasteiger partial charge in [0.25, 0.3) is 0 Å². The third kappa shape index (κ3) is 13.8. The van der Waals surface area contributed by atoms with Crippen LogP contribution in [0, 0.1) is 0 Å². The molecule has 1 atom stereocenters. The topological polar surface area (TPSA) is 89.9 Å². The highest BCUT2D eigenvalue weighted by Gasteiger charge is 2.10. The van der Waals surface area contributed by atoms with Gasteiger partial charge in [-0.1, -0.05) is 32.6 Å². The molecule has 3 N–H and O–H groups in total. The number of aliphatic hydroxyl groups excluding tert-OH is 1. The van der Waals surface area contributed by atoms with Crippen molar-refractivity contribution in [3.8, 4) is 0 Å². The molecular formula is C16H32N2O4. The van der Waals surface area contributed by atoms with E-state index in [9.17, 15) is 14.7 Å². The molecular weight excluding hydrogens is 284 g/mol. The summed E-state index contributed by atoms with van der Waals surface area (Å²) < 4.78 is 0. The van der Waals surface area contributed by atoms with Crippen molar-refractivity contribution in [3.05, 3.63) is 0 Å². The van der Waals surface area contributed by atoms with Crippen LogP contribution in [0.4, 0.5) is 0 Å². The summed E-state index contributed by atoms with van der Waals surface area (Å²) in [5.74, 6) is -0.807. The summed E-state index contributed by atoms with van der Waals surface area (Å²) in [5.41, 5.74) is 0. The van der Waals surface area contributed by atoms with Gasteiger partial charge in [-0.25, -0.2) is 0 Å². The molecule has 0 aromatic rings. The van der Waals surface area contributed by atoms with Gasteiger partial charge in [-0.05, 0) is 13.3 Å². The van der Waals surface area contributed by atoms with Gasteiger partial charge in [0.2, 0.25) is 5.91 Å². The first-order valence-corrected chi connectivity index (χ1v) is 8.34. The van der Waals surface area contributed by atoms with Crippen LogP contribution >= 0.6 is 0 Å². The van der Waals surface area contributed by atoms with Gasteiger partial charge in [-0.3, -0.25) is 14.5 Å². The first-order valence-electron chi connectivity index (χ1n) is 8.34.